The third-order valence-electron chi connectivity index (χ3n) is 3.08. The third-order valence-corrected chi connectivity index (χ3v) is 4.09. The number of nitrogens with two attached hydrogens (primary N) is 1. The number of nitrogens with zero attached hydrogens (tertiary/aromatic N) is 1. The Bertz CT molecular complexity index is 604. The van der Waals surface area contributed by atoms with Crippen LogP contribution in [0.1, 0.15) is 26.0 Å². The van der Waals surface area contributed by atoms with E-state index in [1.165, 1.54) is 0 Å². The number of rotatable bonds is 5. The molecule has 2 rings (SSSR count). The van der Waals surface area contributed by atoms with E-state index in [-0.39, 0.29) is 5.91 Å². The van der Waals surface area contributed by atoms with E-state index in [9.17, 15) is 4.79 Å². The number of benzene rings is 1. The van der Waals surface area contributed by atoms with Gasteiger partial charge in [0.2, 0.25) is 5.91 Å². The average molecular weight is 303 g/mol. The van der Waals surface area contributed by atoms with E-state index >= 15 is 0 Å². The molecule has 21 heavy (non-hydrogen) atoms. The Kier molecular flexibility index (Phi) is 5.09. The highest BCUT2D eigenvalue weighted by Gasteiger charge is 2.15. The van der Waals surface area contributed by atoms with Crippen molar-refractivity contribution in [1.29, 1.82) is 0 Å². The summed E-state index contributed by atoms with van der Waals surface area (Å²) in [4.78, 5) is 16.4. The molecule has 0 unspecified atom stereocenters. The van der Waals surface area contributed by atoms with E-state index in [0.717, 1.165) is 22.0 Å². The zero-order valence-electron chi connectivity index (χ0n) is 12.6. The summed E-state index contributed by atoms with van der Waals surface area (Å²) in [7, 11) is 0. The molecule has 0 bridgehead atoms. The lowest BCUT2D eigenvalue weighted by Crippen LogP contribution is -2.36. The summed E-state index contributed by atoms with van der Waals surface area (Å²) in [6.07, 6.45) is 0.683. The largest absolute Gasteiger partial charge is 0.325 e. The topological polar surface area (TPSA) is 68.0 Å². The smallest absolute Gasteiger partial charge is 0.241 e. The first-order chi connectivity index (χ1) is 9.95. The summed E-state index contributed by atoms with van der Waals surface area (Å²) in [6, 6.07) is 7.22. The van der Waals surface area contributed by atoms with Crippen LogP contribution < -0.4 is 11.1 Å². The summed E-state index contributed by atoms with van der Waals surface area (Å²) in [6.45, 7) is 6.08. The molecule has 0 saturated heterocycles. The highest BCUT2D eigenvalue weighted by molar-refractivity contribution is 7.13. The molecule has 1 aromatic carbocycles. The van der Waals surface area contributed by atoms with Crippen molar-refractivity contribution in [2.45, 2.75) is 33.2 Å². The molecule has 0 fully saturated rings. The number of hydrogen-bond acceptors (Lipinski definition) is 4. The molecule has 4 nitrogen and oxygen atoms in total. The van der Waals surface area contributed by atoms with Crippen LogP contribution in [-0.4, -0.2) is 16.9 Å². The summed E-state index contributed by atoms with van der Waals surface area (Å²) in [5.74, 6) is 0.266. The van der Waals surface area contributed by atoms with Crippen LogP contribution in [0.15, 0.2) is 29.6 Å². The fourth-order valence-electron chi connectivity index (χ4n) is 2.03. The molecule has 0 aliphatic heterocycles. The van der Waals surface area contributed by atoms with Crippen molar-refractivity contribution in [2.75, 3.05) is 5.32 Å². The predicted molar refractivity (Wildman–Crippen MR) is 88.3 cm³/mol. The number of carbonyl (C=O) groups is 1. The molecule has 0 aliphatic carbocycles. The van der Waals surface area contributed by atoms with Crippen molar-refractivity contribution in [1.82, 2.24) is 4.98 Å². The molecule has 1 aromatic heterocycles. The van der Waals surface area contributed by atoms with Gasteiger partial charge in [-0.05, 0) is 43.5 Å². The summed E-state index contributed by atoms with van der Waals surface area (Å²) >= 11 is 1.62. The number of aromatic nitrogens is 1. The fourth-order valence-corrected chi connectivity index (χ4v) is 2.84. The molecule has 3 N–H and O–H groups in total. The molecule has 0 spiro atoms. The molecular formula is C16H21N3OS. The van der Waals surface area contributed by atoms with Gasteiger partial charge in [-0.15, -0.1) is 11.3 Å². The van der Waals surface area contributed by atoms with E-state index in [1.807, 2.05) is 36.6 Å². The number of thiazole rings is 1. The maximum Gasteiger partial charge on any atom is 0.241 e. The van der Waals surface area contributed by atoms with Gasteiger partial charge in [-0.1, -0.05) is 13.8 Å². The minimum absolute atomic E-state index is 0.137. The zero-order chi connectivity index (χ0) is 15.4. The van der Waals surface area contributed by atoms with Crippen molar-refractivity contribution in [3.8, 4) is 10.6 Å². The van der Waals surface area contributed by atoms with E-state index < -0.39 is 6.04 Å². The van der Waals surface area contributed by atoms with Gasteiger partial charge in [0.25, 0.3) is 0 Å². The molecule has 112 valence electrons. The SMILES string of the molecule is Cc1csc(-c2ccc(NC(=O)[C@@H](N)CC(C)C)cc2)n1. The first-order valence-corrected chi connectivity index (χ1v) is 7.92. The predicted octanol–water partition coefficient (Wildman–Crippen LogP) is 3.43. The van der Waals surface area contributed by atoms with Crippen LogP contribution in [0, 0.1) is 12.8 Å². The number of aryl methyl sites for hydroxylation is 1. The monoisotopic (exact) mass is 303 g/mol. The first-order valence-electron chi connectivity index (χ1n) is 7.04. The van der Waals surface area contributed by atoms with Crippen molar-refractivity contribution in [2.24, 2.45) is 11.7 Å². The lowest BCUT2D eigenvalue weighted by atomic mass is 10.0. The summed E-state index contributed by atoms with van der Waals surface area (Å²) < 4.78 is 0. The summed E-state index contributed by atoms with van der Waals surface area (Å²) in [5.41, 5.74) is 8.70. The van der Waals surface area contributed by atoms with E-state index in [2.05, 4.69) is 24.1 Å². The van der Waals surface area contributed by atoms with Crippen LogP contribution >= 0.6 is 11.3 Å². The molecule has 0 saturated carbocycles. The molecule has 5 heteroatoms. The van der Waals surface area contributed by atoms with E-state index in [4.69, 9.17) is 5.73 Å². The zero-order valence-corrected chi connectivity index (χ0v) is 13.4. The van der Waals surface area contributed by atoms with Crippen molar-refractivity contribution < 1.29 is 4.79 Å². The van der Waals surface area contributed by atoms with Gasteiger partial charge < -0.3 is 11.1 Å². The van der Waals surface area contributed by atoms with Crippen LogP contribution in [-0.2, 0) is 4.79 Å². The molecule has 1 heterocycles. The van der Waals surface area contributed by atoms with Gasteiger partial charge in [0.1, 0.15) is 5.01 Å². The number of hydrogen-bond donors (Lipinski definition) is 2. The van der Waals surface area contributed by atoms with Gasteiger partial charge in [0.05, 0.1) is 6.04 Å². The van der Waals surface area contributed by atoms with Crippen LogP contribution in [0.5, 0.6) is 0 Å². The number of carbonyl (C=O) groups excluding carboxylic acids is 1. The molecule has 0 aliphatic rings. The molecular weight excluding hydrogens is 282 g/mol. The highest BCUT2D eigenvalue weighted by atomic mass is 32.1. The Morgan fingerprint density at radius 3 is 2.52 bits per heavy atom. The molecule has 1 atom stereocenters. The van der Waals surface area contributed by atoms with Crippen LogP contribution in [0.3, 0.4) is 0 Å². The van der Waals surface area contributed by atoms with Gasteiger partial charge in [0, 0.05) is 22.3 Å². The van der Waals surface area contributed by atoms with E-state index in [0.29, 0.717) is 12.3 Å². The summed E-state index contributed by atoms with van der Waals surface area (Å²) in [5, 5.41) is 5.86. The second-order valence-electron chi connectivity index (χ2n) is 5.60. The highest BCUT2D eigenvalue weighted by Crippen LogP contribution is 2.24. The standard InChI is InChI=1S/C16H21N3OS/c1-10(2)8-14(17)15(20)19-13-6-4-12(5-7-13)16-18-11(3)9-21-16/h4-7,9-10,14H,8,17H2,1-3H3,(H,19,20)/t14-/m0/s1. The van der Waals surface area contributed by atoms with Crippen molar-refractivity contribution in [3.63, 3.8) is 0 Å². The minimum atomic E-state index is -0.466. The lowest BCUT2D eigenvalue weighted by molar-refractivity contribution is -0.117. The molecule has 2 aromatic rings. The van der Waals surface area contributed by atoms with Gasteiger partial charge in [-0.25, -0.2) is 4.98 Å². The quantitative estimate of drug-likeness (QED) is 0.889. The Balaban J connectivity index is 2.01. The minimum Gasteiger partial charge on any atom is -0.325 e. The fraction of sp³-hybridized carbons (Fsp3) is 0.375. The Morgan fingerprint density at radius 2 is 2.00 bits per heavy atom. The normalized spacial score (nSPS) is 12.4. The van der Waals surface area contributed by atoms with Gasteiger partial charge in [0.15, 0.2) is 0 Å². The maximum absolute atomic E-state index is 12.0. The van der Waals surface area contributed by atoms with Crippen molar-refractivity contribution in [3.05, 3.63) is 35.3 Å². The molecule has 1 amide bonds. The second-order valence-corrected chi connectivity index (χ2v) is 6.45. The first kappa shape index (κ1) is 15.7. The third kappa shape index (κ3) is 4.37. The number of nitrogens with one attached hydrogen (secondary N) is 1. The Morgan fingerprint density at radius 1 is 1.33 bits per heavy atom. The van der Waals surface area contributed by atoms with E-state index in [1.54, 1.807) is 11.3 Å². The van der Waals surface area contributed by atoms with Crippen LogP contribution in [0.25, 0.3) is 10.6 Å². The van der Waals surface area contributed by atoms with Crippen LogP contribution in [0.2, 0.25) is 0 Å². The second kappa shape index (κ2) is 6.83. The van der Waals surface area contributed by atoms with Crippen molar-refractivity contribution >= 4 is 22.9 Å². The molecule has 0 radical (unpaired) electrons. The number of amides is 1. The maximum atomic E-state index is 12.0. The van der Waals surface area contributed by atoms with Gasteiger partial charge in [-0.3, -0.25) is 4.79 Å². The van der Waals surface area contributed by atoms with Gasteiger partial charge in [-0.2, -0.15) is 0 Å². The Labute approximate surface area is 129 Å². The number of anilines is 1. The van der Waals surface area contributed by atoms with Gasteiger partial charge >= 0.3 is 0 Å². The van der Waals surface area contributed by atoms with Crippen LogP contribution in [0.4, 0.5) is 5.69 Å². The Hall–Kier alpha value is -1.72. The average Bonchev–Trinajstić information content (AvgIpc) is 2.85. The lowest BCUT2D eigenvalue weighted by Gasteiger charge is -2.14.